The highest BCUT2D eigenvalue weighted by atomic mass is 35.5. The van der Waals surface area contributed by atoms with Gasteiger partial charge in [-0.15, -0.1) is 0 Å². The molecule has 1 aliphatic heterocycles. The molecule has 3 rings (SSSR count). The fourth-order valence-electron chi connectivity index (χ4n) is 2.76. The number of rotatable bonds is 4. The van der Waals surface area contributed by atoms with Crippen molar-refractivity contribution in [3.63, 3.8) is 0 Å². The van der Waals surface area contributed by atoms with Gasteiger partial charge in [-0.05, 0) is 24.3 Å². The van der Waals surface area contributed by atoms with Gasteiger partial charge in [0.2, 0.25) is 0 Å². The lowest BCUT2D eigenvalue weighted by Crippen LogP contribution is -2.22. The normalized spacial score (nSPS) is 18.2. The van der Waals surface area contributed by atoms with E-state index in [1.165, 1.54) is 5.56 Å². The third kappa shape index (κ3) is 3.10. The molecule has 0 N–H and O–H groups in total. The molecule has 6 nitrogen and oxygen atoms in total. The van der Waals surface area contributed by atoms with Gasteiger partial charge >= 0.3 is 6.01 Å². The van der Waals surface area contributed by atoms with E-state index >= 15 is 0 Å². The summed E-state index contributed by atoms with van der Waals surface area (Å²) in [6.07, 6.45) is 7.76. The first-order valence-corrected chi connectivity index (χ1v) is 7.32. The van der Waals surface area contributed by atoms with Crippen LogP contribution in [0.2, 0.25) is 5.02 Å². The molecule has 0 saturated carbocycles. The zero-order valence-corrected chi connectivity index (χ0v) is 12.9. The molecule has 1 aliphatic rings. The quantitative estimate of drug-likeness (QED) is 0.864. The first-order chi connectivity index (χ1) is 10.2. The Kier molecular flexibility index (Phi) is 3.96. The fourth-order valence-corrected chi connectivity index (χ4v) is 2.98. The Morgan fingerprint density at radius 1 is 1.43 bits per heavy atom. The SMILES string of the molecule is COc1ncc(Cl)c(N2CC[C@@H](Cc3cnn(C)c3)C2)n1. The molecule has 21 heavy (non-hydrogen) atoms. The number of nitrogens with zero attached hydrogens (tertiary/aromatic N) is 5. The minimum Gasteiger partial charge on any atom is -0.467 e. The maximum absolute atomic E-state index is 6.21. The fraction of sp³-hybridized carbons (Fsp3) is 0.500. The molecule has 1 atom stereocenters. The van der Waals surface area contributed by atoms with E-state index in [4.69, 9.17) is 16.3 Å². The summed E-state index contributed by atoms with van der Waals surface area (Å²) in [6.45, 7) is 1.89. The molecule has 1 fully saturated rings. The topological polar surface area (TPSA) is 56.1 Å². The van der Waals surface area contributed by atoms with Crippen molar-refractivity contribution in [1.82, 2.24) is 19.7 Å². The van der Waals surface area contributed by atoms with Gasteiger partial charge < -0.3 is 9.64 Å². The minimum absolute atomic E-state index is 0.352. The molecule has 2 aromatic rings. The second-order valence-electron chi connectivity index (χ2n) is 5.36. The van der Waals surface area contributed by atoms with Crippen LogP contribution in [0.15, 0.2) is 18.6 Å². The van der Waals surface area contributed by atoms with Gasteiger partial charge in [-0.3, -0.25) is 4.68 Å². The highest BCUT2D eigenvalue weighted by Crippen LogP contribution is 2.30. The molecule has 1 saturated heterocycles. The van der Waals surface area contributed by atoms with Crippen molar-refractivity contribution in [3.8, 4) is 6.01 Å². The van der Waals surface area contributed by atoms with E-state index in [1.54, 1.807) is 13.3 Å². The number of hydrogen-bond acceptors (Lipinski definition) is 5. The third-order valence-corrected chi connectivity index (χ3v) is 4.02. The third-order valence-electron chi connectivity index (χ3n) is 3.75. The largest absolute Gasteiger partial charge is 0.467 e. The Balaban J connectivity index is 1.69. The maximum Gasteiger partial charge on any atom is 0.318 e. The summed E-state index contributed by atoms with van der Waals surface area (Å²) < 4.78 is 6.92. The molecule has 0 spiro atoms. The number of halogens is 1. The van der Waals surface area contributed by atoms with Crippen molar-refractivity contribution in [2.75, 3.05) is 25.1 Å². The standard InChI is InChI=1S/C14H18ClN5O/c1-19-8-11(6-17-19)5-10-3-4-20(9-10)13-12(15)7-16-14(18-13)21-2/h6-8,10H,3-5,9H2,1-2H3/t10-/m0/s1. The van der Waals surface area contributed by atoms with Crippen LogP contribution in [-0.4, -0.2) is 39.9 Å². The molecule has 0 bridgehead atoms. The van der Waals surface area contributed by atoms with Crippen molar-refractivity contribution < 1.29 is 4.74 Å². The number of aryl methyl sites for hydroxylation is 1. The molecule has 0 amide bonds. The van der Waals surface area contributed by atoms with Gasteiger partial charge in [-0.25, -0.2) is 4.98 Å². The van der Waals surface area contributed by atoms with Crippen LogP contribution < -0.4 is 9.64 Å². The summed E-state index contributed by atoms with van der Waals surface area (Å²) in [4.78, 5) is 10.6. The van der Waals surface area contributed by atoms with Crippen LogP contribution >= 0.6 is 11.6 Å². The molecular weight excluding hydrogens is 290 g/mol. The van der Waals surface area contributed by atoms with E-state index in [-0.39, 0.29) is 0 Å². The Morgan fingerprint density at radius 2 is 2.29 bits per heavy atom. The van der Waals surface area contributed by atoms with Crippen LogP contribution in [0.25, 0.3) is 0 Å². The molecule has 2 aromatic heterocycles. The van der Waals surface area contributed by atoms with Gasteiger partial charge in [0.05, 0.1) is 19.5 Å². The lowest BCUT2D eigenvalue weighted by Gasteiger charge is -2.18. The number of aromatic nitrogens is 4. The van der Waals surface area contributed by atoms with Crippen molar-refractivity contribution in [3.05, 3.63) is 29.2 Å². The van der Waals surface area contributed by atoms with Gasteiger partial charge in [-0.2, -0.15) is 10.1 Å². The zero-order valence-electron chi connectivity index (χ0n) is 12.2. The summed E-state index contributed by atoms with van der Waals surface area (Å²) in [5.74, 6) is 1.35. The van der Waals surface area contributed by atoms with Crippen LogP contribution in [0.4, 0.5) is 5.82 Å². The van der Waals surface area contributed by atoms with E-state index in [9.17, 15) is 0 Å². The average molecular weight is 308 g/mol. The number of hydrogen-bond donors (Lipinski definition) is 0. The monoisotopic (exact) mass is 307 g/mol. The van der Waals surface area contributed by atoms with E-state index in [0.717, 1.165) is 31.7 Å². The highest BCUT2D eigenvalue weighted by Gasteiger charge is 2.26. The lowest BCUT2D eigenvalue weighted by atomic mass is 10.0. The van der Waals surface area contributed by atoms with Gasteiger partial charge in [0.25, 0.3) is 0 Å². The van der Waals surface area contributed by atoms with Crippen molar-refractivity contribution >= 4 is 17.4 Å². The highest BCUT2D eigenvalue weighted by molar-refractivity contribution is 6.32. The Morgan fingerprint density at radius 3 is 3.00 bits per heavy atom. The Labute approximate surface area is 128 Å². The number of methoxy groups -OCH3 is 1. The zero-order chi connectivity index (χ0) is 14.8. The van der Waals surface area contributed by atoms with Gasteiger partial charge in [0.15, 0.2) is 5.82 Å². The van der Waals surface area contributed by atoms with E-state index in [1.807, 2.05) is 17.9 Å². The summed E-state index contributed by atoms with van der Waals surface area (Å²) in [5.41, 5.74) is 1.27. The Hall–Kier alpha value is -1.82. The Bertz CT molecular complexity index is 630. The number of anilines is 1. The second kappa shape index (κ2) is 5.89. The molecular formula is C14H18ClN5O. The van der Waals surface area contributed by atoms with Crippen molar-refractivity contribution in [2.45, 2.75) is 12.8 Å². The predicted octanol–water partition coefficient (Wildman–Crippen LogP) is 1.94. The molecule has 7 heteroatoms. The van der Waals surface area contributed by atoms with Gasteiger partial charge in [-0.1, -0.05) is 11.6 Å². The van der Waals surface area contributed by atoms with E-state index < -0.39 is 0 Å². The van der Waals surface area contributed by atoms with Crippen molar-refractivity contribution in [2.24, 2.45) is 13.0 Å². The summed E-state index contributed by atoms with van der Waals surface area (Å²) in [7, 11) is 3.50. The first-order valence-electron chi connectivity index (χ1n) is 6.94. The molecule has 112 valence electrons. The smallest absolute Gasteiger partial charge is 0.318 e. The van der Waals surface area contributed by atoms with Gasteiger partial charge in [0.1, 0.15) is 5.02 Å². The van der Waals surface area contributed by atoms with Crippen LogP contribution in [0.3, 0.4) is 0 Å². The maximum atomic E-state index is 6.21. The minimum atomic E-state index is 0.352. The average Bonchev–Trinajstić information content (AvgIpc) is 3.09. The second-order valence-corrected chi connectivity index (χ2v) is 5.76. The summed E-state index contributed by atoms with van der Waals surface area (Å²) >= 11 is 6.21. The molecule has 0 aromatic carbocycles. The first kappa shape index (κ1) is 14.1. The lowest BCUT2D eigenvalue weighted by molar-refractivity contribution is 0.380. The molecule has 0 unspecified atom stereocenters. The molecule has 0 aliphatic carbocycles. The van der Waals surface area contributed by atoms with Crippen LogP contribution in [0.1, 0.15) is 12.0 Å². The van der Waals surface area contributed by atoms with Crippen LogP contribution in [-0.2, 0) is 13.5 Å². The molecule has 3 heterocycles. The summed E-state index contributed by atoms with van der Waals surface area (Å²) in [6, 6.07) is 0.352. The van der Waals surface area contributed by atoms with Gasteiger partial charge in [0, 0.05) is 26.3 Å². The number of ether oxygens (including phenoxy) is 1. The van der Waals surface area contributed by atoms with Crippen molar-refractivity contribution in [1.29, 1.82) is 0 Å². The summed E-state index contributed by atoms with van der Waals surface area (Å²) in [5, 5.41) is 4.78. The van der Waals surface area contributed by atoms with Crippen LogP contribution in [0, 0.1) is 5.92 Å². The van der Waals surface area contributed by atoms with E-state index in [0.29, 0.717) is 17.0 Å². The van der Waals surface area contributed by atoms with E-state index in [2.05, 4.69) is 26.2 Å². The predicted molar refractivity (Wildman–Crippen MR) is 80.8 cm³/mol. The van der Waals surface area contributed by atoms with Crippen LogP contribution in [0.5, 0.6) is 6.01 Å². The molecule has 0 radical (unpaired) electrons.